The van der Waals surface area contributed by atoms with Gasteiger partial charge >= 0.3 is 0 Å². The van der Waals surface area contributed by atoms with Gasteiger partial charge in [0.05, 0.1) is 18.9 Å². The summed E-state index contributed by atoms with van der Waals surface area (Å²) in [5.74, 6) is 1.90. The Morgan fingerprint density at radius 1 is 1.18 bits per heavy atom. The molecule has 2 aliphatic heterocycles. The molecule has 0 bridgehead atoms. The highest BCUT2D eigenvalue weighted by molar-refractivity contribution is 5.73. The second kappa shape index (κ2) is 5.46. The predicted octanol–water partition coefficient (Wildman–Crippen LogP) is 1.65. The van der Waals surface area contributed by atoms with Crippen molar-refractivity contribution >= 4 is 11.8 Å². The van der Waals surface area contributed by atoms with Crippen molar-refractivity contribution in [3.05, 3.63) is 29.8 Å². The summed E-state index contributed by atoms with van der Waals surface area (Å²) in [7, 11) is 0. The van der Waals surface area contributed by atoms with E-state index in [1.54, 1.807) is 12.1 Å². The third-order valence-electron chi connectivity index (χ3n) is 4.08. The third-order valence-corrected chi connectivity index (χ3v) is 4.08. The highest BCUT2D eigenvalue weighted by atomic mass is 16.5. The summed E-state index contributed by atoms with van der Waals surface area (Å²) in [5, 5.41) is 13.1. The number of anilines is 2. The van der Waals surface area contributed by atoms with Gasteiger partial charge in [0, 0.05) is 30.8 Å². The molecule has 2 N–H and O–H groups in total. The van der Waals surface area contributed by atoms with Gasteiger partial charge in [0.25, 0.3) is 0 Å². The van der Waals surface area contributed by atoms with Crippen LogP contribution < -0.4 is 10.2 Å². The molecule has 0 radical (unpaired) electrons. The number of nitrogens with zero attached hydrogens (tertiary/aromatic N) is 3. The first-order valence-electron chi connectivity index (χ1n) is 7.58. The lowest BCUT2D eigenvalue weighted by Gasteiger charge is -2.27. The Kier molecular flexibility index (Phi) is 3.31. The van der Waals surface area contributed by atoms with Crippen molar-refractivity contribution in [1.29, 1.82) is 0 Å². The molecule has 1 saturated heterocycles. The number of aromatic hydroxyl groups is 1. The van der Waals surface area contributed by atoms with Crippen LogP contribution in [0, 0.1) is 0 Å². The zero-order valence-corrected chi connectivity index (χ0v) is 12.2. The first-order chi connectivity index (χ1) is 10.8. The van der Waals surface area contributed by atoms with E-state index >= 15 is 0 Å². The molecule has 2 aliphatic rings. The Balaban J connectivity index is 1.81. The highest BCUT2D eigenvalue weighted by Crippen LogP contribution is 2.33. The SMILES string of the molecule is Oc1cccc(-c2nc(N3CCOCC3)nc3c2CCN3)c1. The minimum absolute atomic E-state index is 0.253. The Labute approximate surface area is 128 Å². The quantitative estimate of drug-likeness (QED) is 0.878. The molecule has 22 heavy (non-hydrogen) atoms. The predicted molar refractivity (Wildman–Crippen MR) is 84.4 cm³/mol. The number of rotatable bonds is 2. The minimum atomic E-state index is 0.253. The standard InChI is InChI=1S/C16H18N4O2/c21-12-3-1-2-11(10-12)14-13-4-5-17-15(13)19-16(18-14)20-6-8-22-9-7-20/h1-3,10,21H,4-9H2,(H,17,18,19). The van der Waals surface area contributed by atoms with Crippen LogP contribution in [0.1, 0.15) is 5.56 Å². The number of benzene rings is 1. The fourth-order valence-corrected chi connectivity index (χ4v) is 2.96. The number of morpholine rings is 1. The second-order valence-corrected chi connectivity index (χ2v) is 5.53. The molecular weight excluding hydrogens is 280 g/mol. The molecule has 0 unspecified atom stereocenters. The summed E-state index contributed by atoms with van der Waals surface area (Å²) in [6.45, 7) is 3.89. The summed E-state index contributed by atoms with van der Waals surface area (Å²) in [5.41, 5.74) is 2.96. The molecule has 3 heterocycles. The largest absolute Gasteiger partial charge is 0.508 e. The van der Waals surface area contributed by atoms with Gasteiger partial charge in [-0.15, -0.1) is 0 Å². The van der Waals surface area contributed by atoms with Crippen molar-refractivity contribution in [3.8, 4) is 17.0 Å². The number of nitrogens with one attached hydrogen (secondary N) is 1. The second-order valence-electron chi connectivity index (χ2n) is 5.53. The lowest BCUT2D eigenvalue weighted by atomic mass is 10.1. The zero-order valence-electron chi connectivity index (χ0n) is 12.2. The first-order valence-corrected chi connectivity index (χ1v) is 7.58. The molecule has 6 nitrogen and oxygen atoms in total. The van der Waals surface area contributed by atoms with E-state index in [1.165, 1.54) is 0 Å². The number of phenols is 1. The normalized spacial score (nSPS) is 17.2. The molecule has 114 valence electrons. The summed E-state index contributed by atoms with van der Waals surface area (Å²) in [6.07, 6.45) is 0.906. The molecule has 1 aromatic heterocycles. The number of aromatic nitrogens is 2. The Morgan fingerprint density at radius 3 is 2.86 bits per heavy atom. The topological polar surface area (TPSA) is 70.5 Å². The lowest BCUT2D eigenvalue weighted by molar-refractivity contribution is 0.122. The molecule has 0 amide bonds. The number of hydrogen-bond acceptors (Lipinski definition) is 6. The van der Waals surface area contributed by atoms with Gasteiger partial charge < -0.3 is 20.1 Å². The van der Waals surface area contributed by atoms with Crippen molar-refractivity contribution in [2.24, 2.45) is 0 Å². The maximum atomic E-state index is 9.75. The Morgan fingerprint density at radius 2 is 2.05 bits per heavy atom. The van der Waals surface area contributed by atoms with Crippen LogP contribution in [-0.4, -0.2) is 47.9 Å². The van der Waals surface area contributed by atoms with E-state index in [2.05, 4.69) is 15.2 Å². The summed E-state index contributed by atoms with van der Waals surface area (Å²) in [4.78, 5) is 11.6. The minimum Gasteiger partial charge on any atom is -0.508 e. The van der Waals surface area contributed by atoms with Gasteiger partial charge in [0.2, 0.25) is 5.95 Å². The highest BCUT2D eigenvalue weighted by Gasteiger charge is 2.23. The van der Waals surface area contributed by atoms with Gasteiger partial charge in [-0.25, -0.2) is 4.98 Å². The third kappa shape index (κ3) is 2.35. The van der Waals surface area contributed by atoms with Crippen molar-refractivity contribution in [2.45, 2.75) is 6.42 Å². The van der Waals surface area contributed by atoms with Crippen LogP contribution >= 0.6 is 0 Å². The number of fused-ring (bicyclic) bond motifs is 1. The average Bonchev–Trinajstić information content (AvgIpc) is 3.03. The van der Waals surface area contributed by atoms with E-state index in [0.29, 0.717) is 13.2 Å². The number of phenolic OH excluding ortho intramolecular Hbond substituents is 1. The Bertz CT molecular complexity index is 699. The fraction of sp³-hybridized carbons (Fsp3) is 0.375. The zero-order chi connectivity index (χ0) is 14.9. The average molecular weight is 298 g/mol. The molecular formula is C16H18N4O2. The van der Waals surface area contributed by atoms with Crippen molar-refractivity contribution in [1.82, 2.24) is 9.97 Å². The van der Waals surface area contributed by atoms with Crippen molar-refractivity contribution in [2.75, 3.05) is 43.1 Å². The van der Waals surface area contributed by atoms with Crippen LogP contribution in [0.4, 0.5) is 11.8 Å². The summed E-state index contributed by atoms with van der Waals surface area (Å²) in [6, 6.07) is 7.25. The smallest absolute Gasteiger partial charge is 0.228 e. The lowest BCUT2D eigenvalue weighted by Crippen LogP contribution is -2.37. The van der Waals surface area contributed by atoms with E-state index in [-0.39, 0.29) is 5.75 Å². The maximum Gasteiger partial charge on any atom is 0.228 e. The van der Waals surface area contributed by atoms with Gasteiger partial charge in [-0.05, 0) is 18.6 Å². The summed E-state index contributed by atoms with van der Waals surface area (Å²) >= 11 is 0. The molecule has 0 saturated carbocycles. The van der Waals surface area contributed by atoms with Crippen molar-refractivity contribution < 1.29 is 9.84 Å². The van der Waals surface area contributed by atoms with Crippen LogP contribution in [0.15, 0.2) is 24.3 Å². The van der Waals surface area contributed by atoms with Crippen LogP contribution in [0.2, 0.25) is 0 Å². The van der Waals surface area contributed by atoms with Crippen LogP contribution in [-0.2, 0) is 11.2 Å². The van der Waals surface area contributed by atoms with E-state index in [9.17, 15) is 5.11 Å². The van der Waals surface area contributed by atoms with Gasteiger partial charge in [0.15, 0.2) is 0 Å². The van der Waals surface area contributed by atoms with Crippen LogP contribution in [0.25, 0.3) is 11.3 Å². The molecule has 0 atom stereocenters. The van der Waals surface area contributed by atoms with Crippen molar-refractivity contribution in [3.63, 3.8) is 0 Å². The molecule has 2 aromatic rings. The van der Waals surface area contributed by atoms with Gasteiger partial charge in [0.1, 0.15) is 11.6 Å². The first kappa shape index (κ1) is 13.3. The van der Waals surface area contributed by atoms with Crippen LogP contribution in [0.3, 0.4) is 0 Å². The molecule has 6 heteroatoms. The van der Waals surface area contributed by atoms with E-state index in [1.807, 2.05) is 12.1 Å². The van der Waals surface area contributed by atoms with E-state index in [4.69, 9.17) is 9.72 Å². The van der Waals surface area contributed by atoms with Gasteiger partial charge in [-0.2, -0.15) is 4.98 Å². The molecule has 1 aromatic carbocycles. The fourth-order valence-electron chi connectivity index (χ4n) is 2.96. The Hall–Kier alpha value is -2.34. The van der Waals surface area contributed by atoms with Gasteiger partial charge in [-0.3, -0.25) is 0 Å². The molecule has 0 aliphatic carbocycles. The monoisotopic (exact) mass is 298 g/mol. The molecule has 1 fully saturated rings. The molecule has 0 spiro atoms. The van der Waals surface area contributed by atoms with Gasteiger partial charge in [-0.1, -0.05) is 12.1 Å². The van der Waals surface area contributed by atoms with Crippen LogP contribution in [0.5, 0.6) is 5.75 Å². The number of ether oxygens (including phenoxy) is 1. The molecule has 4 rings (SSSR count). The van der Waals surface area contributed by atoms with E-state index < -0.39 is 0 Å². The summed E-state index contributed by atoms with van der Waals surface area (Å²) < 4.78 is 5.40. The van der Waals surface area contributed by atoms with E-state index in [0.717, 1.165) is 54.6 Å². The number of hydrogen-bond donors (Lipinski definition) is 2. The maximum absolute atomic E-state index is 9.75.